The molecule has 0 N–H and O–H groups in total. The van der Waals surface area contributed by atoms with Crippen molar-refractivity contribution in [2.45, 2.75) is 6.92 Å². The van der Waals surface area contributed by atoms with Crippen molar-refractivity contribution in [2.24, 2.45) is 5.10 Å². The van der Waals surface area contributed by atoms with Crippen molar-refractivity contribution in [1.29, 1.82) is 0 Å². The van der Waals surface area contributed by atoms with Crippen molar-refractivity contribution in [1.82, 2.24) is 19.8 Å². The zero-order valence-electron chi connectivity index (χ0n) is 13.3. The van der Waals surface area contributed by atoms with Gasteiger partial charge in [-0.15, -0.1) is 10.2 Å². The highest BCUT2D eigenvalue weighted by molar-refractivity contribution is 5.81. The van der Waals surface area contributed by atoms with Crippen molar-refractivity contribution in [3.63, 3.8) is 0 Å². The van der Waals surface area contributed by atoms with Crippen LogP contribution in [0.15, 0.2) is 36.0 Å². The van der Waals surface area contributed by atoms with Gasteiger partial charge in [0.15, 0.2) is 18.1 Å². The van der Waals surface area contributed by atoms with Crippen LogP contribution in [0.25, 0.3) is 0 Å². The second-order valence-electron chi connectivity index (χ2n) is 4.80. The summed E-state index contributed by atoms with van der Waals surface area (Å²) in [7, 11) is 3.36. The molecule has 0 radical (unpaired) electrons. The smallest absolute Gasteiger partial charge is 0.259 e. The number of nitrogens with zero attached hydrogens (tertiary/aromatic N) is 5. The quantitative estimate of drug-likeness (QED) is 0.712. The van der Waals surface area contributed by atoms with Gasteiger partial charge < -0.3 is 14.4 Å². The number of rotatable bonds is 7. The fourth-order valence-electron chi connectivity index (χ4n) is 1.65. The van der Waals surface area contributed by atoms with E-state index in [0.29, 0.717) is 18.1 Å². The third kappa shape index (κ3) is 4.80. The van der Waals surface area contributed by atoms with E-state index in [0.717, 1.165) is 5.56 Å². The molecular weight excluding hydrogens is 298 g/mol. The largest absolute Gasteiger partial charge is 0.490 e. The Balaban J connectivity index is 2.12. The molecule has 0 aliphatic rings. The van der Waals surface area contributed by atoms with Crippen LogP contribution in [0.2, 0.25) is 0 Å². The molecule has 8 nitrogen and oxygen atoms in total. The van der Waals surface area contributed by atoms with Crippen LogP contribution in [0.5, 0.6) is 11.5 Å². The lowest BCUT2D eigenvalue weighted by Crippen LogP contribution is -2.27. The molecule has 2 rings (SSSR count). The molecule has 0 spiro atoms. The van der Waals surface area contributed by atoms with E-state index >= 15 is 0 Å². The minimum absolute atomic E-state index is 0.0405. The number of hydrogen-bond donors (Lipinski definition) is 0. The lowest BCUT2D eigenvalue weighted by molar-refractivity contribution is -0.130. The minimum Gasteiger partial charge on any atom is -0.490 e. The Morgan fingerprint density at radius 2 is 2.00 bits per heavy atom. The van der Waals surface area contributed by atoms with Gasteiger partial charge in [0.05, 0.1) is 12.8 Å². The predicted octanol–water partition coefficient (Wildman–Crippen LogP) is 1.03. The normalized spacial score (nSPS) is 10.7. The summed E-state index contributed by atoms with van der Waals surface area (Å²) < 4.78 is 12.6. The van der Waals surface area contributed by atoms with Gasteiger partial charge >= 0.3 is 0 Å². The third-order valence-electron chi connectivity index (χ3n) is 2.86. The van der Waals surface area contributed by atoms with E-state index in [-0.39, 0.29) is 12.5 Å². The molecular formula is C15H19N5O3. The molecule has 0 fully saturated rings. The molecule has 0 bridgehead atoms. The lowest BCUT2D eigenvalue weighted by atomic mass is 10.2. The van der Waals surface area contributed by atoms with Crippen molar-refractivity contribution < 1.29 is 14.3 Å². The minimum atomic E-state index is -0.120. The van der Waals surface area contributed by atoms with E-state index < -0.39 is 0 Å². The SMILES string of the molecule is CCOc1cc(/C=N\n2cnnc2)ccc1OCC(=O)N(C)C. The summed E-state index contributed by atoms with van der Waals surface area (Å²) in [6, 6.07) is 5.38. The summed E-state index contributed by atoms with van der Waals surface area (Å²) in [6.07, 6.45) is 4.63. The topological polar surface area (TPSA) is 81.8 Å². The maximum Gasteiger partial charge on any atom is 0.259 e. The van der Waals surface area contributed by atoms with Crippen LogP contribution >= 0.6 is 0 Å². The van der Waals surface area contributed by atoms with Crippen LogP contribution in [0.1, 0.15) is 12.5 Å². The molecule has 1 heterocycles. The van der Waals surface area contributed by atoms with Crippen LogP contribution in [-0.4, -0.2) is 59.2 Å². The zero-order chi connectivity index (χ0) is 16.7. The van der Waals surface area contributed by atoms with Crippen LogP contribution in [0.4, 0.5) is 0 Å². The number of aromatic nitrogens is 3. The Morgan fingerprint density at radius 1 is 1.26 bits per heavy atom. The van der Waals surface area contributed by atoms with Crippen molar-refractivity contribution in [3.05, 3.63) is 36.4 Å². The van der Waals surface area contributed by atoms with Gasteiger partial charge in [0, 0.05) is 14.1 Å². The predicted molar refractivity (Wildman–Crippen MR) is 84.8 cm³/mol. The number of carbonyl (C=O) groups excluding carboxylic acids is 1. The van der Waals surface area contributed by atoms with Crippen molar-refractivity contribution >= 4 is 12.1 Å². The lowest BCUT2D eigenvalue weighted by Gasteiger charge is -2.14. The molecule has 0 aliphatic carbocycles. The number of ether oxygens (including phenoxy) is 2. The average Bonchev–Trinajstić information content (AvgIpc) is 3.05. The van der Waals surface area contributed by atoms with E-state index in [1.807, 2.05) is 13.0 Å². The van der Waals surface area contributed by atoms with E-state index in [2.05, 4.69) is 15.3 Å². The molecule has 0 saturated carbocycles. The Bertz CT molecular complexity index is 668. The summed E-state index contributed by atoms with van der Waals surface area (Å²) in [5.41, 5.74) is 0.827. The van der Waals surface area contributed by atoms with Gasteiger partial charge in [-0.1, -0.05) is 0 Å². The summed E-state index contributed by atoms with van der Waals surface area (Å²) in [6.45, 7) is 2.33. The van der Waals surface area contributed by atoms with E-state index in [9.17, 15) is 4.79 Å². The first-order valence-corrected chi connectivity index (χ1v) is 7.09. The summed E-state index contributed by atoms with van der Waals surface area (Å²) in [4.78, 5) is 13.1. The molecule has 0 unspecified atom stereocenters. The van der Waals surface area contributed by atoms with Gasteiger partial charge in [0.1, 0.15) is 12.7 Å². The van der Waals surface area contributed by atoms with Gasteiger partial charge in [-0.2, -0.15) is 5.10 Å². The zero-order valence-corrected chi connectivity index (χ0v) is 13.3. The molecule has 23 heavy (non-hydrogen) atoms. The molecule has 1 aromatic heterocycles. The average molecular weight is 317 g/mol. The Morgan fingerprint density at radius 3 is 2.65 bits per heavy atom. The highest BCUT2D eigenvalue weighted by Gasteiger charge is 2.10. The van der Waals surface area contributed by atoms with Crippen LogP contribution in [0.3, 0.4) is 0 Å². The van der Waals surface area contributed by atoms with Crippen LogP contribution in [-0.2, 0) is 4.79 Å². The van der Waals surface area contributed by atoms with Gasteiger partial charge in [-0.05, 0) is 30.7 Å². The first-order chi connectivity index (χ1) is 11.1. The number of likely N-dealkylation sites (N-methyl/N-ethyl adjacent to an activating group) is 1. The first-order valence-electron chi connectivity index (χ1n) is 7.09. The maximum absolute atomic E-state index is 11.6. The van der Waals surface area contributed by atoms with Gasteiger partial charge in [-0.25, -0.2) is 4.68 Å². The molecule has 122 valence electrons. The molecule has 1 amide bonds. The molecule has 0 saturated heterocycles. The molecule has 2 aromatic rings. The maximum atomic E-state index is 11.6. The monoisotopic (exact) mass is 317 g/mol. The highest BCUT2D eigenvalue weighted by Crippen LogP contribution is 2.28. The van der Waals surface area contributed by atoms with Crippen LogP contribution < -0.4 is 9.47 Å². The second kappa shape index (κ2) is 7.92. The molecule has 8 heteroatoms. The number of carbonyl (C=O) groups is 1. The summed E-state index contributed by atoms with van der Waals surface area (Å²) >= 11 is 0. The van der Waals surface area contributed by atoms with Gasteiger partial charge in [-0.3, -0.25) is 4.79 Å². The summed E-state index contributed by atoms with van der Waals surface area (Å²) in [5.74, 6) is 0.959. The van der Waals surface area contributed by atoms with Crippen molar-refractivity contribution in [3.8, 4) is 11.5 Å². The Hall–Kier alpha value is -2.90. The number of amides is 1. The van der Waals surface area contributed by atoms with Crippen molar-refractivity contribution in [2.75, 3.05) is 27.3 Å². The molecule has 0 atom stereocenters. The Labute approximate surface area is 134 Å². The van der Waals surface area contributed by atoms with E-state index in [1.165, 1.54) is 22.2 Å². The van der Waals surface area contributed by atoms with E-state index in [4.69, 9.17) is 9.47 Å². The first kappa shape index (κ1) is 16.5. The second-order valence-corrected chi connectivity index (χ2v) is 4.80. The fourth-order valence-corrected chi connectivity index (χ4v) is 1.65. The number of benzene rings is 1. The standard InChI is InChI=1S/C15H19N5O3/c1-4-22-14-7-12(8-18-20-10-16-17-11-20)5-6-13(14)23-9-15(21)19(2)3/h5-8,10-11H,4,9H2,1-3H3/b18-8-. The Kier molecular flexibility index (Phi) is 5.67. The third-order valence-corrected chi connectivity index (χ3v) is 2.86. The molecule has 0 aliphatic heterocycles. The number of hydrogen-bond acceptors (Lipinski definition) is 6. The summed E-state index contributed by atoms with van der Waals surface area (Å²) in [5, 5.41) is 11.5. The van der Waals surface area contributed by atoms with Gasteiger partial charge in [0.25, 0.3) is 5.91 Å². The molecule has 1 aromatic carbocycles. The highest BCUT2D eigenvalue weighted by atomic mass is 16.5. The van der Waals surface area contributed by atoms with Gasteiger partial charge in [0.2, 0.25) is 0 Å². The fraction of sp³-hybridized carbons (Fsp3) is 0.333. The van der Waals surface area contributed by atoms with E-state index in [1.54, 1.807) is 32.4 Å². The van der Waals surface area contributed by atoms with Crippen LogP contribution in [0, 0.1) is 0 Å².